The van der Waals surface area contributed by atoms with Gasteiger partial charge in [0.1, 0.15) is 0 Å². The minimum absolute atomic E-state index is 0.576. The number of nitrogens with zero attached hydrogens (tertiary/aromatic N) is 2. The van der Waals surface area contributed by atoms with E-state index >= 15 is 0 Å². The summed E-state index contributed by atoms with van der Waals surface area (Å²) in [5.41, 5.74) is 0.713. The highest BCUT2D eigenvalue weighted by Gasteiger charge is 2.47. The summed E-state index contributed by atoms with van der Waals surface area (Å²) in [4.78, 5) is 11.7. The van der Waals surface area contributed by atoms with Gasteiger partial charge in [-0.15, -0.1) is 0 Å². The van der Waals surface area contributed by atoms with Crippen LogP contribution < -0.4 is 4.74 Å². The molecule has 0 amide bonds. The van der Waals surface area contributed by atoms with Crippen LogP contribution in [-0.2, 0) is 17.3 Å². The maximum Gasteiger partial charge on any atom is 0.314 e. The number of rotatable bonds is 3. The van der Waals surface area contributed by atoms with Crippen molar-refractivity contribution in [3.8, 4) is 5.88 Å². The third-order valence-corrected chi connectivity index (χ3v) is 3.71. The van der Waals surface area contributed by atoms with Crippen molar-refractivity contribution in [3.63, 3.8) is 0 Å². The molecule has 1 aliphatic carbocycles. The maximum absolute atomic E-state index is 11.7. The Morgan fingerprint density at radius 1 is 1.47 bits per heavy atom. The van der Waals surface area contributed by atoms with Crippen LogP contribution in [0.1, 0.15) is 36.9 Å². The first-order valence-corrected chi connectivity index (χ1v) is 5.84. The van der Waals surface area contributed by atoms with E-state index in [0.717, 1.165) is 24.1 Å². The van der Waals surface area contributed by atoms with Crippen LogP contribution in [-0.4, -0.2) is 28.0 Å². The fourth-order valence-electron chi connectivity index (χ4n) is 2.97. The molecule has 1 aromatic heterocycles. The molecule has 1 aromatic rings. The summed E-state index contributed by atoms with van der Waals surface area (Å²) in [6.07, 6.45) is 3.24. The van der Waals surface area contributed by atoms with E-state index < -0.39 is 11.4 Å². The average Bonchev–Trinajstić information content (AvgIpc) is 2.83. The number of carboxylic acids is 1. The van der Waals surface area contributed by atoms with Crippen molar-refractivity contribution in [2.45, 2.75) is 38.0 Å². The number of methoxy groups -OCH3 is 1. The first kappa shape index (κ1) is 12.0. The molecule has 1 heterocycles. The van der Waals surface area contributed by atoms with Crippen LogP contribution in [0.3, 0.4) is 0 Å². The lowest BCUT2D eigenvalue weighted by molar-refractivity contribution is -0.143. The molecule has 0 spiro atoms. The molecule has 0 radical (unpaired) electrons. The Bertz CT molecular complexity index is 445. The summed E-state index contributed by atoms with van der Waals surface area (Å²) < 4.78 is 6.94. The van der Waals surface area contributed by atoms with E-state index in [4.69, 9.17) is 4.74 Å². The molecule has 0 aromatic carbocycles. The van der Waals surface area contributed by atoms with Crippen LogP contribution in [0.5, 0.6) is 5.88 Å². The van der Waals surface area contributed by atoms with Crippen molar-refractivity contribution >= 4 is 5.97 Å². The first-order valence-electron chi connectivity index (χ1n) is 5.84. The van der Waals surface area contributed by atoms with Crippen molar-refractivity contribution in [1.29, 1.82) is 0 Å². The number of ether oxygens (including phenoxy) is 1. The minimum atomic E-state index is -0.802. The smallest absolute Gasteiger partial charge is 0.314 e. The highest BCUT2D eigenvalue weighted by atomic mass is 16.5. The second kappa shape index (κ2) is 4.05. The summed E-state index contributed by atoms with van der Waals surface area (Å²) in [6.45, 7) is 1.85. The predicted molar refractivity (Wildman–Crippen MR) is 62.3 cm³/mol. The van der Waals surface area contributed by atoms with Crippen molar-refractivity contribution in [1.82, 2.24) is 9.78 Å². The molecule has 1 aliphatic rings. The molecule has 0 saturated heterocycles. The Morgan fingerprint density at radius 2 is 2.06 bits per heavy atom. The lowest BCUT2D eigenvalue weighted by Gasteiger charge is -2.24. The molecule has 1 saturated carbocycles. The van der Waals surface area contributed by atoms with Crippen molar-refractivity contribution in [2.24, 2.45) is 7.05 Å². The lowest BCUT2D eigenvalue weighted by atomic mass is 9.79. The van der Waals surface area contributed by atoms with Gasteiger partial charge < -0.3 is 9.84 Å². The Kier molecular flexibility index (Phi) is 2.85. The number of hydrogen-bond acceptors (Lipinski definition) is 3. The zero-order valence-electron chi connectivity index (χ0n) is 10.5. The monoisotopic (exact) mass is 238 g/mol. The predicted octanol–water partition coefficient (Wildman–Crippen LogP) is 1.63. The summed E-state index contributed by atoms with van der Waals surface area (Å²) in [7, 11) is 3.34. The molecule has 1 fully saturated rings. The number of aliphatic carboxylic acids is 1. The molecular formula is C12H18N2O3. The second-order valence-electron chi connectivity index (χ2n) is 4.69. The highest BCUT2D eigenvalue weighted by Crippen LogP contribution is 2.46. The fraction of sp³-hybridized carbons (Fsp3) is 0.667. The third-order valence-electron chi connectivity index (χ3n) is 3.71. The van der Waals surface area contributed by atoms with Gasteiger partial charge in [-0.1, -0.05) is 12.8 Å². The topological polar surface area (TPSA) is 64.3 Å². The normalized spacial score (nSPS) is 18.3. The number of aryl methyl sites for hydroxylation is 2. The molecule has 94 valence electrons. The summed E-state index contributed by atoms with van der Waals surface area (Å²) in [6, 6.07) is 0. The van der Waals surface area contributed by atoms with Crippen LogP contribution in [0, 0.1) is 6.92 Å². The van der Waals surface area contributed by atoms with Crippen LogP contribution >= 0.6 is 0 Å². The lowest BCUT2D eigenvalue weighted by Crippen LogP contribution is -2.33. The van der Waals surface area contributed by atoms with Gasteiger partial charge in [-0.05, 0) is 19.8 Å². The van der Waals surface area contributed by atoms with Gasteiger partial charge in [-0.2, -0.15) is 5.10 Å². The Balaban J connectivity index is 2.61. The maximum atomic E-state index is 11.7. The van der Waals surface area contributed by atoms with E-state index in [9.17, 15) is 9.90 Å². The van der Waals surface area contributed by atoms with E-state index in [1.165, 1.54) is 0 Å². The van der Waals surface area contributed by atoms with Gasteiger partial charge in [0.15, 0.2) is 0 Å². The second-order valence-corrected chi connectivity index (χ2v) is 4.69. The van der Waals surface area contributed by atoms with Gasteiger partial charge in [-0.25, -0.2) is 4.68 Å². The third kappa shape index (κ3) is 1.61. The molecule has 2 rings (SSSR count). The summed E-state index contributed by atoms with van der Waals surface area (Å²) >= 11 is 0. The SMILES string of the molecule is COc1c(C2(C(=O)O)CCCC2)c(C)nn1C. The van der Waals surface area contributed by atoms with E-state index in [1.807, 2.05) is 6.92 Å². The largest absolute Gasteiger partial charge is 0.481 e. The number of carboxylic acid groups (broad SMARTS) is 1. The number of hydrogen-bond donors (Lipinski definition) is 1. The van der Waals surface area contributed by atoms with Crippen LogP contribution in [0.4, 0.5) is 0 Å². The Labute approximate surface area is 100 Å². The van der Waals surface area contributed by atoms with Gasteiger partial charge >= 0.3 is 5.97 Å². The summed E-state index contributed by atoms with van der Waals surface area (Å²) in [5, 5.41) is 13.9. The van der Waals surface area contributed by atoms with E-state index in [1.54, 1.807) is 18.8 Å². The van der Waals surface area contributed by atoms with E-state index in [0.29, 0.717) is 18.7 Å². The molecular weight excluding hydrogens is 220 g/mol. The van der Waals surface area contributed by atoms with Crippen LogP contribution in [0.15, 0.2) is 0 Å². The molecule has 5 nitrogen and oxygen atoms in total. The van der Waals surface area contributed by atoms with Crippen molar-refractivity contribution < 1.29 is 14.6 Å². The van der Waals surface area contributed by atoms with Crippen LogP contribution in [0.2, 0.25) is 0 Å². The zero-order valence-corrected chi connectivity index (χ0v) is 10.5. The van der Waals surface area contributed by atoms with Gasteiger partial charge in [-0.3, -0.25) is 4.79 Å². The minimum Gasteiger partial charge on any atom is -0.481 e. The fourth-order valence-corrected chi connectivity index (χ4v) is 2.97. The molecule has 0 unspecified atom stereocenters. The van der Waals surface area contributed by atoms with E-state index in [-0.39, 0.29) is 0 Å². The molecule has 0 bridgehead atoms. The standard InChI is InChI=1S/C12H18N2O3/c1-8-9(10(17-3)14(2)13-8)12(11(15)16)6-4-5-7-12/h4-7H2,1-3H3,(H,15,16). The number of aromatic nitrogens is 2. The summed E-state index contributed by atoms with van der Waals surface area (Å²) in [5.74, 6) is -0.184. The first-order chi connectivity index (χ1) is 8.03. The molecule has 5 heteroatoms. The van der Waals surface area contributed by atoms with Gasteiger partial charge in [0.2, 0.25) is 5.88 Å². The zero-order chi connectivity index (χ0) is 12.6. The van der Waals surface area contributed by atoms with Crippen LogP contribution in [0.25, 0.3) is 0 Å². The van der Waals surface area contributed by atoms with Gasteiger partial charge in [0.05, 0.1) is 23.8 Å². The molecule has 0 atom stereocenters. The van der Waals surface area contributed by atoms with Crippen molar-refractivity contribution in [2.75, 3.05) is 7.11 Å². The average molecular weight is 238 g/mol. The molecule has 1 N–H and O–H groups in total. The van der Waals surface area contributed by atoms with E-state index in [2.05, 4.69) is 5.10 Å². The number of carbonyl (C=O) groups is 1. The molecule has 17 heavy (non-hydrogen) atoms. The van der Waals surface area contributed by atoms with Gasteiger partial charge in [0.25, 0.3) is 0 Å². The Hall–Kier alpha value is -1.52. The quantitative estimate of drug-likeness (QED) is 0.869. The van der Waals surface area contributed by atoms with Gasteiger partial charge in [0, 0.05) is 7.05 Å². The Morgan fingerprint density at radius 3 is 2.53 bits per heavy atom. The highest BCUT2D eigenvalue weighted by molar-refractivity contribution is 5.83. The van der Waals surface area contributed by atoms with Crippen molar-refractivity contribution in [3.05, 3.63) is 11.3 Å². The molecule has 0 aliphatic heterocycles.